The van der Waals surface area contributed by atoms with Gasteiger partial charge in [0.05, 0.1) is 20.3 Å². The first-order valence-electron chi connectivity index (χ1n) is 8.07. The minimum Gasteiger partial charge on any atom is -0.497 e. The molecule has 1 aromatic carbocycles. The maximum Gasteiger partial charge on any atom is 0.317 e. The topological polar surface area (TPSA) is 79.9 Å². The molecule has 1 atom stereocenters. The van der Waals surface area contributed by atoms with E-state index in [1.54, 1.807) is 14.2 Å². The third kappa shape index (κ3) is 4.31. The SMILES string of the molecule is COc1ccc(OC)c([C@@H]2CCCN2C(=O)NCCNC(C)=O)c1. The zero-order valence-corrected chi connectivity index (χ0v) is 14.4. The molecule has 0 unspecified atom stereocenters. The molecule has 7 nitrogen and oxygen atoms in total. The second-order valence-corrected chi connectivity index (χ2v) is 5.67. The highest BCUT2D eigenvalue weighted by Crippen LogP contribution is 2.38. The maximum absolute atomic E-state index is 12.5. The minimum atomic E-state index is -0.132. The highest BCUT2D eigenvalue weighted by Gasteiger charge is 2.32. The Morgan fingerprint density at radius 3 is 2.62 bits per heavy atom. The van der Waals surface area contributed by atoms with E-state index < -0.39 is 0 Å². The van der Waals surface area contributed by atoms with Gasteiger partial charge in [0.1, 0.15) is 11.5 Å². The molecule has 0 bridgehead atoms. The van der Waals surface area contributed by atoms with Crippen molar-refractivity contribution >= 4 is 11.9 Å². The number of carbonyl (C=O) groups is 2. The molecule has 7 heteroatoms. The van der Waals surface area contributed by atoms with E-state index in [1.165, 1.54) is 6.92 Å². The summed E-state index contributed by atoms with van der Waals surface area (Å²) in [6, 6.07) is 5.45. The van der Waals surface area contributed by atoms with E-state index in [2.05, 4.69) is 10.6 Å². The smallest absolute Gasteiger partial charge is 0.317 e. The molecule has 0 aliphatic carbocycles. The summed E-state index contributed by atoms with van der Waals surface area (Å²) in [5.74, 6) is 1.38. The molecule has 3 amide bonds. The van der Waals surface area contributed by atoms with Gasteiger partial charge in [-0.2, -0.15) is 0 Å². The number of urea groups is 1. The Kier molecular flexibility index (Phi) is 6.28. The van der Waals surface area contributed by atoms with Gasteiger partial charge in [-0.3, -0.25) is 4.79 Å². The molecular formula is C17H25N3O4. The summed E-state index contributed by atoms with van der Waals surface area (Å²) in [6.07, 6.45) is 1.81. The van der Waals surface area contributed by atoms with Crippen LogP contribution in [0.5, 0.6) is 11.5 Å². The lowest BCUT2D eigenvalue weighted by Crippen LogP contribution is -2.42. The molecule has 0 saturated carbocycles. The van der Waals surface area contributed by atoms with Crippen molar-refractivity contribution in [2.45, 2.75) is 25.8 Å². The average molecular weight is 335 g/mol. The van der Waals surface area contributed by atoms with Gasteiger partial charge in [0, 0.05) is 32.1 Å². The van der Waals surface area contributed by atoms with Crippen LogP contribution in [0.1, 0.15) is 31.4 Å². The largest absolute Gasteiger partial charge is 0.497 e. The van der Waals surface area contributed by atoms with Gasteiger partial charge in [-0.25, -0.2) is 4.79 Å². The minimum absolute atomic E-state index is 0.0455. The monoisotopic (exact) mass is 335 g/mol. The number of amides is 3. The van der Waals surface area contributed by atoms with Crippen LogP contribution in [-0.4, -0.2) is 50.7 Å². The summed E-state index contributed by atoms with van der Waals surface area (Å²) in [5, 5.41) is 5.50. The number of nitrogens with one attached hydrogen (secondary N) is 2. The van der Waals surface area contributed by atoms with Crippen molar-refractivity contribution < 1.29 is 19.1 Å². The number of ether oxygens (including phenoxy) is 2. The Bertz CT molecular complexity index is 591. The molecule has 2 rings (SSSR count). The van der Waals surface area contributed by atoms with Gasteiger partial charge >= 0.3 is 6.03 Å². The number of likely N-dealkylation sites (tertiary alicyclic amines) is 1. The molecule has 0 radical (unpaired) electrons. The first-order chi connectivity index (χ1) is 11.6. The lowest BCUT2D eigenvalue weighted by Gasteiger charge is -2.27. The Balaban J connectivity index is 2.07. The first-order valence-corrected chi connectivity index (χ1v) is 8.07. The van der Waals surface area contributed by atoms with Crippen LogP contribution in [0.3, 0.4) is 0 Å². The van der Waals surface area contributed by atoms with Crippen molar-refractivity contribution in [3.05, 3.63) is 23.8 Å². The second kappa shape index (κ2) is 8.42. The van der Waals surface area contributed by atoms with Gasteiger partial charge in [-0.15, -0.1) is 0 Å². The number of benzene rings is 1. The van der Waals surface area contributed by atoms with Gasteiger partial charge in [0.15, 0.2) is 0 Å². The van der Waals surface area contributed by atoms with Crippen molar-refractivity contribution in [2.75, 3.05) is 33.9 Å². The summed E-state index contributed by atoms with van der Waals surface area (Å²) < 4.78 is 10.7. The van der Waals surface area contributed by atoms with E-state index in [0.29, 0.717) is 19.6 Å². The third-order valence-corrected chi connectivity index (χ3v) is 4.08. The van der Waals surface area contributed by atoms with Crippen LogP contribution in [0.4, 0.5) is 4.79 Å². The summed E-state index contributed by atoms with van der Waals surface area (Å²) in [5.41, 5.74) is 0.950. The van der Waals surface area contributed by atoms with Crippen LogP contribution in [0.2, 0.25) is 0 Å². The normalized spacial score (nSPS) is 16.6. The Labute approximate surface area is 142 Å². The number of hydrogen-bond donors (Lipinski definition) is 2. The van der Waals surface area contributed by atoms with Gasteiger partial charge in [-0.05, 0) is 31.0 Å². The van der Waals surface area contributed by atoms with Crippen LogP contribution in [0.15, 0.2) is 18.2 Å². The maximum atomic E-state index is 12.5. The molecule has 0 spiro atoms. The fourth-order valence-electron chi connectivity index (χ4n) is 2.94. The molecule has 1 aromatic rings. The predicted molar refractivity (Wildman–Crippen MR) is 90.3 cm³/mol. The highest BCUT2D eigenvalue weighted by atomic mass is 16.5. The summed E-state index contributed by atoms with van der Waals surface area (Å²) >= 11 is 0. The number of methoxy groups -OCH3 is 2. The fourth-order valence-corrected chi connectivity index (χ4v) is 2.94. The van der Waals surface area contributed by atoms with Crippen molar-refractivity contribution in [1.82, 2.24) is 15.5 Å². The van der Waals surface area contributed by atoms with Gasteiger partial charge in [0.2, 0.25) is 5.91 Å². The first kappa shape index (κ1) is 17.9. The number of carbonyl (C=O) groups excluding carboxylic acids is 2. The number of nitrogens with zero attached hydrogens (tertiary/aromatic N) is 1. The quantitative estimate of drug-likeness (QED) is 0.775. The van der Waals surface area contributed by atoms with Gasteiger partial charge < -0.3 is 25.0 Å². The van der Waals surface area contributed by atoms with E-state index in [9.17, 15) is 9.59 Å². The van der Waals surface area contributed by atoms with Crippen LogP contribution >= 0.6 is 0 Å². The summed E-state index contributed by atoms with van der Waals surface area (Å²) in [4.78, 5) is 25.1. The molecule has 1 fully saturated rings. The van der Waals surface area contributed by atoms with Crippen molar-refractivity contribution in [3.8, 4) is 11.5 Å². The van der Waals surface area contributed by atoms with Crippen LogP contribution in [0, 0.1) is 0 Å². The molecule has 2 N–H and O–H groups in total. The van der Waals surface area contributed by atoms with Crippen molar-refractivity contribution in [2.24, 2.45) is 0 Å². The van der Waals surface area contributed by atoms with E-state index in [4.69, 9.17) is 9.47 Å². The molecule has 1 saturated heterocycles. The average Bonchev–Trinajstić information content (AvgIpc) is 3.07. The zero-order valence-electron chi connectivity index (χ0n) is 14.4. The van der Waals surface area contributed by atoms with Crippen LogP contribution in [-0.2, 0) is 4.79 Å². The molecule has 24 heavy (non-hydrogen) atoms. The second-order valence-electron chi connectivity index (χ2n) is 5.67. The van der Waals surface area contributed by atoms with E-state index in [0.717, 1.165) is 29.9 Å². The van der Waals surface area contributed by atoms with E-state index >= 15 is 0 Å². The van der Waals surface area contributed by atoms with Crippen LogP contribution < -0.4 is 20.1 Å². The van der Waals surface area contributed by atoms with E-state index in [-0.39, 0.29) is 18.0 Å². The standard InChI is InChI=1S/C17H25N3O4/c1-12(21)18-8-9-19-17(22)20-10-4-5-15(20)14-11-13(23-2)6-7-16(14)24-3/h6-7,11,15H,4-5,8-10H2,1-3H3,(H,18,21)(H,19,22)/t15-/m0/s1. The van der Waals surface area contributed by atoms with Crippen molar-refractivity contribution in [3.63, 3.8) is 0 Å². The molecule has 132 valence electrons. The fraction of sp³-hybridized carbons (Fsp3) is 0.529. The molecule has 0 aromatic heterocycles. The Morgan fingerprint density at radius 2 is 1.96 bits per heavy atom. The summed E-state index contributed by atoms with van der Waals surface area (Å²) in [6.45, 7) is 2.96. The molecule has 1 aliphatic heterocycles. The summed E-state index contributed by atoms with van der Waals surface area (Å²) in [7, 11) is 3.24. The van der Waals surface area contributed by atoms with Crippen molar-refractivity contribution in [1.29, 1.82) is 0 Å². The zero-order chi connectivity index (χ0) is 17.5. The molecule has 1 aliphatic rings. The number of rotatable bonds is 6. The highest BCUT2D eigenvalue weighted by molar-refractivity contribution is 5.76. The molecular weight excluding hydrogens is 310 g/mol. The van der Waals surface area contributed by atoms with E-state index in [1.807, 2.05) is 23.1 Å². The number of hydrogen-bond acceptors (Lipinski definition) is 4. The Morgan fingerprint density at radius 1 is 1.21 bits per heavy atom. The lowest BCUT2D eigenvalue weighted by atomic mass is 10.0. The van der Waals surface area contributed by atoms with Gasteiger partial charge in [0.25, 0.3) is 0 Å². The third-order valence-electron chi connectivity index (χ3n) is 4.08. The molecule has 1 heterocycles. The lowest BCUT2D eigenvalue weighted by molar-refractivity contribution is -0.118. The van der Waals surface area contributed by atoms with Gasteiger partial charge in [-0.1, -0.05) is 0 Å². The predicted octanol–water partition coefficient (Wildman–Crippen LogP) is 1.69. The Hall–Kier alpha value is -2.44. The van der Waals surface area contributed by atoms with Crippen LogP contribution in [0.25, 0.3) is 0 Å².